The average molecular weight is 399 g/mol. The molecule has 3 rings (SSSR count). The monoisotopic (exact) mass is 399 g/mol. The number of carbonyl (C=O) groups is 1. The zero-order valence-electron chi connectivity index (χ0n) is 17.2. The summed E-state index contributed by atoms with van der Waals surface area (Å²) in [7, 11) is 1.76. The third-order valence-electron chi connectivity index (χ3n) is 5.30. The molecule has 0 saturated carbocycles. The maximum atomic E-state index is 12.0. The number of rotatable bonds is 8. The number of aryl methyl sites for hydroxylation is 2. The molecule has 0 bridgehead atoms. The summed E-state index contributed by atoms with van der Waals surface area (Å²) >= 11 is 0. The Balaban J connectivity index is 1.77. The number of anilines is 1. The van der Waals surface area contributed by atoms with Gasteiger partial charge in [0.25, 0.3) is 0 Å². The summed E-state index contributed by atoms with van der Waals surface area (Å²) in [6.07, 6.45) is 4.84. The molecule has 0 aromatic carbocycles. The van der Waals surface area contributed by atoms with Crippen LogP contribution in [0.2, 0.25) is 0 Å². The molecule has 0 aliphatic carbocycles. The van der Waals surface area contributed by atoms with E-state index in [1.165, 1.54) is 0 Å². The number of esters is 1. The molecule has 1 N–H and O–H groups in total. The van der Waals surface area contributed by atoms with E-state index in [0.29, 0.717) is 23.5 Å². The number of hydrogen-bond acceptors (Lipinski definition) is 7. The van der Waals surface area contributed by atoms with Gasteiger partial charge in [0, 0.05) is 20.1 Å². The van der Waals surface area contributed by atoms with Crippen molar-refractivity contribution in [3.8, 4) is 11.4 Å². The van der Waals surface area contributed by atoms with Crippen LogP contribution in [0.5, 0.6) is 0 Å². The third-order valence-corrected chi connectivity index (χ3v) is 5.30. The van der Waals surface area contributed by atoms with Crippen LogP contribution in [0.1, 0.15) is 37.6 Å². The average Bonchev–Trinajstić information content (AvgIpc) is 3.12. The van der Waals surface area contributed by atoms with Crippen LogP contribution >= 0.6 is 0 Å². The lowest BCUT2D eigenvalue weighted by atomic mass is 9.94. The SMILES string of the molecule is C=CCOC(=O)CC1CCCN(c2ccc(-c3nnn(C)c3CO)nc2CC)C1. The van der Waals surface area contributed by atoms with Crippen LogP contribution in [0.3, 0.4) is 0 Å². The molecule has 0 spiro atoms. The van der Waals surface area contributed by atoms with Crippen molar-refractivity contribution in [2.75, 3.05) is 24.6 Å². The third kappa shape index (κ3) is 4.82. The van der Waals surface area contributed by atoms with Gasteiger partial charge >= 0.3 is 5.97 Å². The number of carbonyl (C=O) groups excluding carboxylic acids is 1. The Labute approximate surface area is 171 Å². The van der Waals surface area contributed by atoms with E-state index in [4.69, 9.17) is 9.72 Å². The predicted octanol–water partition coefficient (Wildman–Crippen LogP) is 2.27. The van der Waals surface area contributed by atoms with Crippen molar-refractivity contribution in [2.24, 2.45) is 13.0 Å². The van der Waals surface area contributed by atoms with Crippen molar-refractivity contribution in [1.29, 1.82) is 0 Å². The van der Waals surface area contributed by atoms with E-state index in [0.717, 1.165) is 43.7 Å². The van der Waals surface area contributed by atoms with Crippen molar-refractivity contribution >= 4 is 11.7 Å². The van der Waals surface area contributed by atoms with E-state index in [9.17, 15) is 9.90 Å². The lowest BCUT2D eigenvalue weighted by molar-refractivity contribution is -0.143. The maximum Gasteiger partial charge on any atom is 0.306 e. The van der Waals surface area contributed by atoms with Gasteiger partial charge in [-0.2, -0.15) is 0 Å². The Bertz CT molecular complexity index is 864. The Morgan fingerprint density at radius 1 is 1.45 bits per heavy atom. The zero-order chi connectivity index (χ0) is 20.8. The van der Waals surface area contributed by atoms with Crippen LogP contribution in [0.15, 0.2) is 24.8 Å². The molecule has 1 aliphatic heterocycles. The molecule has 3 heterocycles. The topological polar surface area (TPSA) is 93.4 Å². The standard InChI is InChI=1S/C21H29N5O3/c1-4-11-29-20(28)12-15-7-6-10-26(13-15)18-9-8-17(22-16(18)5-2)21-19(14-27)25(3)24-23-21/h4,8-9,15,27H,1,5-7,10-14H2,2-3H3. The lowest BCUT2D eigenvalue weighted by Crippen LogP contribution is -2.37. The van der Waals surface area contributed by atoms with Crippen molar-refractivity contribution in [3.05, 3.63) is 36.2 Å². The molecule has 1 saturated heterocycles. The van der Waals surface area contributed by atoms with Gasteiger partial charge in [-0.05, 0) is 37.3 Å². The first-order valence-corrected chi connectivity index (χ1v) is 10.1. The number of piperidine rings is 1. The highest BCUT2D eigenvalue weighted by Crippen LogP contribution is 2.30. The van der Waals surface area contributed by atoms with E-state index in [2.05, 4.69) is 34.8 Å². The van der Waals surface area contributed by atoms with Gasteiger partial charge in [-0.25, -0.2) is 9.67 Å². The number of ether oxygens (including phenoxy) is 1. The highest BCUT2D eigenvalue weighted by Gasteiger charge is 2.25. The summed E-state index contributed by atoms with van der Waals surface area (Å²) in [4.78, 5) is 19.1. The molecule has 1 unspecified atom stereocenters. The van der Waals surface area contributed by atoms with Crippen LogP contribution in [0.4, 0.5) is 5.69 Å². The quantitative estimate of drug-likeness (QED) is 0.537. The van der Waals surface area contributed by atoms with Crippen LogP contribution < -0.4 is 4.90 Å². The highest BCUT2D eigenvalue weighted by atomic mass is 16.5. The molecule has 1 aliphatic rings. The van der Waals surface area contributed by atoms with Gasteiger partial charge in [0.1, 0.15) is 12.3 Å². The molecule has 8 nitrogen and oxygen atoms in total. The molecular weight excluding hydrogens is 370 g/mol. The number of aliphatic hydroxyl groups is 1. The van der Waals surface area contributed by atoms with Crippen LogP contribution in [0.25, 0.3) is 11.4 Å². The van der Waals surface area contributed by atoms with E-state index in [-0.39, 0.29) is 25.1 Å². The predicted molar refractivity (Wildman–Crippen MR) is 110 cm³/mol. The molecule has 1 fully saturated rings. The van der Waals surface area contributed by atoms with Crippen LogP contribution in [-0.2, 0) is 29.6 Å². The van der Waals surface area contributed by atoms with Gasteiger partial charge in [0.15, 0.2) is 0 Å². The van der Waals surface area contributed by atoms with Crippen LogP contribution in [-0.4, -0.2) is 50.8 Å². The number of pyridine rings is 1. The van der Waals surface area contributed by atoms with E-state index < -0.39 is 0 Å². The largest absolute Gasteiger partial charge is 0.461 e. The van der Waals surface area contributed by atoms with E-state index in [1.54, 1.807) is 17.8 Å². The molecule has 1 atom stereocenters. The summed E-state index contributed by atoms with van der Waals surface area (Å²) in [6.45, 7) is 7.53. The van der Waals surface area contributed by atoms with Gasteiger partial charge in [-0.15, -0.1) is 5.10 Å². The molecule has 0 amide bonds. The molecule has 29 heavy (non-hydrogen) atoms. The summed E-state index contributed by atoms with van der Waals surface area (Å²) in [6, 6.07) is 4.00. The first kappa shape index (κ1) is 21.0. The Morgan fingerprint density at radius 3 is 3.00 bits per heavy atom. The molecule has 2 aromatic heterocycles. The fourth-order valence-electron chi connectivity index (χ4n) is 3.82. The van der Waals surface area contributed by atoms with Gasteiger partial charge < -0.3 is 14.7 Å². The van der Waals surface area contributed by atoms with Gasteiger partial charge in [-0.3, -0.25) is 4.79 Å². The zero-order valence-corrected chi connectivity index (χ0v) is 17.2. The van der Waals surface area contributed by atoms with Gasteiger partial charge in [-0.1, -0.05) is 24.8 Å². The smallest absolute Gasteiger partial charge is 0.306 e. The summed E-state index contributed by atoms with van der Waals surface area (Å²) in [5.74, 6) is 0.103. The molecule has 0 radical (unpaired) electrons. The summed E-state index contributed by atoms with van der Waals surface area (Å²) in [5, 5.41) is 17.8. The molecular formula is C21H29N5O3. The Kier molecular flexibility index (Phi) is 6.98. The molecule has 8 heteroatoms. The van der Waals surface area contributed by atoms with E-state index >= 15 is 0 Å². The minimum atomic E-state index is -0.167. The maximum absolute atomic E-state index is 12.0. The Hall–Kier alpha value is -2.74. The lowest BCUT2D eigenvalue weighted by Gasteiger charge is -2.35. The second-order valence-corrected chi connectivity index (χ2v) is 7.31. The molecule has 156 valence electrons. The summed E-state index contributed by atoms with van der Waals surface area (Å²) in [5.41, 5.74) is 4.03. The molecule has 2 aromatic rings. The van der Waals surface area contributed by atoms with Crippen LogP contribution in [0, 0.1) is 5.92 Å². The highest BCUT2D eigenvalue weighted by molar-refractivity contribution is 5.70. The van der Waals surface area contributed by atoms with E-state index in [1.807, 2.05) is 6.07 Å². The fourth-order valence-corrected chi connectivity index (χ4v) is 3.82. The minimum absolute atomic E-state index is 0.139. The normalized spacial score (nSPS) is 16.7. The fraction of sp³-hybridized carbons (Fsp3) is 0.524. The first-order chi connectivity index (χ1) is 14.1. The Morgan fingerprint density at radius 2 is 2.28 bits per heavy atom. The second-order valence-electron chi connectivity index (χ2n) is 7.31. The first-order valence-electron chi connectivity index (χ1n) is 10.1. The minimum Gasteiger partial charge on any atom is -0.461 e. The number of nitrogens with zero attached hydrogens (tertiary/aromatic N) is 5. The number of aliphatic hydroxyl groups excluding tert-OH is 1. The van der Waals surface area contributed by atoms with Crippen molar-refractivity contribution in [3.63, 3.8) is 0 Å². The van der Waals surface area contributed by atoms with Gasteiger partial charge in [0.2, 0.25) is 0 Å². The van der Waals surface area contributed by atoms with Crippen molar-refractivity contribution < 1.29 is 14.6 Å². The number of aromatic nitrogens is 4. The van der Waals surface area contributed by atoms with Crippen molar-refractivity contribution in [1.82, 2.24) is 20.0 Å². The van der Waals surface area contributed by atoms with Gasteiger partial charge in [0.05, 0.1) is 35.8 Å². The number of hydrogen-bond donors (Lipinski definition) is 1. The second kappa shape index (κ2) is 9.65. The summed E-state index contributed by atoms with van der Waals surface area (Å²) < 4.78 is 6.71. The van der Waals surface area contributed by atoms with Crippen molar-refractivity contribution in [2.45, 2.75) is 39.2 Å².